The summed E-state index contributed by atoms with van der Waals surface area (Å²) >= 11 is 1.81. The Hall–Kier alpha value is -1.94. The summed E-state index contributed by atoms with van der Waals surface area (Å²) in [5, 5.41) is 0. The van der Waals surface area contributed by atoms with Gasteiger partial charge in [-0.15, -0.1) is 0 Å². The molecule has 2 heterocycles. The van der Waals surface area contributed by atoms with Crippen LogP contribution in [0.15, 0.2) is 58.3 Å². The lowest BCUT2D eigenvalue weighted by molar-refractivity contribution is -0.131. The Kier molecular flexibility index (Phi) is 4.48. The summed E-state index contributed by atoms with van der Waals surface area (Å²) in [6.45, 7) is 2.60. The Balaban J connectivity index is 1.55. The number of para-hydroxylation sites is 2. The van der Waals surface area contributed by atoms with Gasteiger partial charge in [0.05, 0.1) is 11.4 Å². The number of fused-ring (bicyclic) bond motifs is 2. The normalized spacial score (nSPS) is 16.5. The first-order valence-electron chi connectivity index (χ1n) is 8.74. The van der Waals surface area contributed by atoms with Crippen LogP contribution in [0.4, 0.5) is 11.4 Å². The third kappa shape index (κ3) is 3.03. The lowest BCUT2D eigenvalue weighted by Crippen LogP contribution is -2.37. The lowest BCUT2D eigenvalue weighted by Gasteiger charge is -2.33. The number of rotatable bonds is 3. The van der Waals surface area contributed by atoms with Gasteiger partial charge in [-0.05, 0) is 43.5 Å². The van der Waals surface area contributed by atoms with Crippen molar-refractivity contribution >= 4 is 29.0 Å². The van der Waals surface area contributed by atoms with E-state index in [4.69, 9.17) is 0 Å². The summed E-state index contributed by atoms with van der Waals surface area (Å²) in [7, 11) is 0. The molecule has 1 saturated heterocycles. The quantitative estimate of drug-likeness (QED) is 0.811. The molecular formula is C20H22N2OS. The summed E-state index contributed by atoms with van der Waals surface area (Å²) in [6, 6.07) is 16.9. The first kappa shape index (κ1) is 15.6. The summed E-state index contributed by atoms with van der Waals surface area (Å²) in [6.07, 6.45) is 4.14. The van der Waals surface area contributed by atoms with E-state index in [-0.39, 0.29) is 0 Å². The minimum Gasteiger partial charge on any atom is -0.343 e. The fraction of sp³-hybridized carbons (Fsp3) is 0.350. The number of benzene rings is 2. The van der Waals surface area contributed by atoms with E-state index in [1.165, 1.54) is 27.6 Å². The van der Waals surface area contributed by atoms with Crippen LogP contribution in [-0.4, -0.2) is 30.4 Å². The summed E-state index contributed by atoms with van der Waals surface area (Å²) in [5.41, 5.74) is 2.43. The molecule has 4 rings (SSSR count). The minimum absolute atomic E-state index is 0.294. The zero-order valence-electron chi connectivity index (χ0n) is 13.8. The van der Waals surface area contributed by atoms with Crippen molar-refractivity contribution in [3.8, 4) is 0 Å². The van der Waals surface area contributed by atoms with Crippen LogP contribution in [0.5, 0.6) is 0 Å². The number of likely N-dealkylation sites (tertiary alicyclic amines) is 1. The van der Waals surface area contributed by atoms with E-state index in [2.05, 4.69) is 53.4 Å². The number of piperidine rings is 1. The van der Waals surface area contributed by atoms with Crippen molar-refractivity contribution in [2.45, 2.75) is 35.5 Å². The summed E-state index contributed by atoms with van der Waals surface area (Å²) < 4.78 is 0. The van der Waals surface area contributed by atoms with Gasteiger partial charge in [0.15, 0.2) is 0 Å². The number of anilines is 2. The van der Waals surface area contributed by atoms with Crippen molar-refractivity contribution in [3.05, 3.63) is 48.5 Å². The van der Waals surface area contributed by atoms with Gasteiger partial charge in [0.1, 0.15) is 0 Å². The van der Waals surface area contributed by atoms with E-state index in [1.54, 1.807) is 0 Å². The van der Waals surface area contributed by atoms with Gasteiger partial charge in [-0.2, -0.15) is 0 Å². The molecule has 0 spiro atoms. The molecule has 0 aromatic heterocycles. The molecule has 2 aliphatic rings. The van der Waals surface area contributed by atoms with Crippen molar-refractivity contribution in [1.29, 1.82) is 0 Å². The maximum absolute atomic E-state index is 12.6. The molecule has 1 amide bonds. The Labute approximate surface area is 147 Å². The molecule has 0 N–H and O–H groups in total. The first-order valence-corrected chi connectivity index (χ1v) is 9.56. The van der Waals surface area contributed by atoms with Gasteiger partial charge < -0.3 is 9.80 Å². The number of hydrogen-bond acceptors (Lipinski definition) is 3. The van der Waals surface area contributed by atoms with Gasteiger partial charge in [0.25, 0.3) is 0 Å². The van der Waals surface area contributed by atoms with E-state index in [1.807, 2.05) is 16.7 Å². The second kappa shape index (κ2) is 6.89. The highest BCUT2D eigenvalue weighted by atomic mass is 32.2. The largest absolute Gasteiger partial charge is 0.343 e. The maximum Gasteiger partial charge on any atom is 0.224 e. The van der Waals surface area contributed by atoms with E-state index >= 15 is 0 Å². The minimum atomic E-state index is 0.294. The van der Waals surface area contributed by atoms with E-state index < -0.39 is 0 Å². The Morgan fingerprint density at radius 3 is 2.08 bits per heavy atom. The van der Waals surface area contributed by atoms with Crippen LogP contribution in [-0.2, 0) is 4.79 Å². The van der Waals surface area contributed by atoms with Crippen LogP contribution in [0, 0.1) is 0 Å². The standard InChI is InChI=1S/C20H22N2OS/c23-20(21-13-6-1-7-14-21)12-15-22-16-8-2-4-10-18(16)24-19-11-5-3-9-17(19)22/h2-5,8-11H,1,6-7,12-15H2. The average molecular weight is 338 g/mol. The molecule has 2 aromatic carbocycles. The van der Waals surface area contributed by atoms with Crippen LogP contribution >= 0.6 is 11.8 Å². The van der Waals surface area contributed by atoms with Crippen LogP contribution in [0.3, 0.4) is 0 Å². The fourth-order valence-corrected chi connectivity index (χ4v) is 4.63. The Morgan fingerprint density at radius 2 is 1.46 bits per heavy atom. The molecule has 0 atom stereocenters. The van der Waals surface area contributed by atoms with Crippen molar-refractivity contribution < 1.29 is 4.79 Å². The number of nitrogens with zero attached hydrogens (tertiary/aromatic N) is 2. The first-order chi connectivity index (χ1) is 11.8. The number of carbonyl (C=O) groups excluding carboxylic acids is 1. The van der Waals surface area contributed by atoms with Gasteiger partial charge in [-0.25, -0.2) is 0 Å². The van der Waals surface area contributed by atoms with Crippen molar-refractivity contribution in [2.24, 2.45) is 0 Å². The van der Waals surface area contributed by atoms with Crippen LogP contribution < -0.4 is 4.90 Å². The van der Waals surface area contributed by atoms with Crippen LogP contribution in [0.25, 0.3) is 0 Å². The zero-order chi connectivity index (χ0) is 16.4. The van der Waals surface area contributed by atoms with Gasteiger partial charge >= 0.3 is 0 Å². The van der Waals surface area contributed by atoms with Crippen LogP contribution in [0.1, 0.15) is 25.7 Å². The highest BCUT2D eigenvalue weighted by Crippen LogP contribution is 2.47. The number of carbonyl (C=O) groups is 1. The van der Waals surface area contributed by atoms with Gasteiger partial charge in [0, 0.05) is 35.8 Å². The molecule has 0 aliphatic carbocycles. The predicted molar refractivity (Wildman–Crippen MR) is 99.1 cm³/mol. The van der Waals surface area contributed by atoms with E-state index in [0.717, 1.165) is 32.5 Å². The second-order valence-corrected chi connectivity index (χ2v) is 7.46. The fourth-order valence-electron chi connectivity index (χ4n) is 3.53. The van der Waals surface area contributed by atoms with Crippen molar-refractivity contribution in [1.82, 2.24) is 4.90 Å². The predicted octanol–water partition coefficient (Wildman–Crippen LogP) is 4.69. The summed E-state index contributed by atoms with van der Waals surface area (Å²) in [4.78, 5) is 19.4. The SMILES string of the molecule is O=C(CCN1c2ccccc2Sc2ccccc21)N1CCCCC1. The molecule has 0 radical (unpaired) electrons. The van der Waals surface area contributed by atoms with E-state index in [0.29, 0.717) is 12.3 Å². The van der Waals surface area contributed by atoms with Crippen molar-refractivity contribution in [3.63, 3.8) is 0 Å². The monoisotopic (exact) mass is 338 g/mol. The molecule has 24 heavy (non-hydrogen) atoms. The third-order valence-electron chi connectivity index (χ3n) is 4.79. The second-order valence-electron chi connectivity index (χ2n) is 6.38. The molecule has 3 nitrogen and oxygen atoms in total. The van der Waals surface area contributed by atoms with Gasteiger partial charge in [-0.3, -0.25) is 4.79 Å². The zero-order valence-corrected chi connectivity index (χ0v) is 14.6. The third-order valence-corrected chi connectivity index (χ3v) is 5.92. The lowest BCUT2D eigenvalue weighted by atomic mass is 10.1. The number of hydrogen-bond donors (Lipinski definition) is 0. The smallest absolute Gasteiger partial charge is 0.224 e. The maximum atomic E-state index is 12.6. The van der Waals surface area contributed by atoms with Crippen LogP contribution in [0.2, 0.25) is 0 Å². The average Bonchev–Trinajstić information content (AvgIpc) is 2.65. The van der Waals surface area contributed by atoms with Gasteiger partial charge in [-0.1, -0.05) is 36.0 Å². The molecular weight excluding hydrogens is 316 g/mol. The Bertz CT molecular complexity index is 694. The molecule has 0 saturated carbocycles. The molecule has 0 unspecified atom stereocenters. The molecule has 2 aliphatic heterocycles. The van der Waals surface area contributed by atoms with Gasteiger partial charge in [0.2, 0.25) is 5.91 Å². The highest BCUT2D eigenvalue weighted by molar-refractivity contribution is 7.99. The van der Waals surface area contributed by atoms with Crippen molar-refractivity contribution in [2.75, 3.05) is 24.5 Å². The summed E-state index contributed by atoms with van der Waals surface area (Å²) in [5.74, 6) is 0.294. The molecule has 0 bridgehead atoms. The highest BCUT2D eigenvalue weighted by Gasteiger charge is 2.24. The molecule has 1 fully saturated rings. The molecule has 4 heteroatoms. The number of amides is 1. The molecule has 2 aromatic rings. The molecule has 124 valence electrons. The topological polar surface area (TPSA) is 23.6 Å². The van der Waals surface area contributed by atoms with E-state index in [9.17, 15) is 4.79 Å². The Morgan fingerprint density at radius 1 is 0.875 bits per heavy atom.